The summed E-state index contributed by atoms with van der Waals surface area (Å²) in [7, 11) is 3.12. The maximum Gasteiger partial charge on any atom is 0.244 e. The maximum atomic E-state index is 12.0. The van der Waals surface area contributed by atoms with Gasteiger partial charge in [0.1, 0.15) is 0 Å². The third-order valence-electron chi connectivity index (χ3n) is 3.61. The van der Waals surface area contributed by atoms with Gasteiger partial charge in [-0.05, 0) is 36.2 Å². The smallest absolute Gasteiger partial charge is 0.244 e. The average Bonchev–Trinajstić information content (AvgIpc) is 2.67. The number of rotatable bonds is 9. The number of amides is 1. The third-order valence-corrected chi connectivity index (χ3v) is 3.87. The molecule has 0 saturated heterocycles. The van der Waals surface area contributed by atoms with E-state index in [9.17, 15) is 4.79 Å². The van der Waals surface area contributed by atoms with E-state index in [1.807, 2.05) is 6.92 Å². The molecule has 2 aromatic rings. The molecule has 0 bridgehead atoms. The minimum absolute atomic E-state index is 0.213. The molecular weight excluding hydrogens is 368 g/mol. The van der Waals surface area contributed by atoms with E-state index in [2.05, 4.69) is 10.5 Å². The molecule has 27 heavy (non-hydrogen) atoms. The molecule has 2 rings (SSSR count). The van der Waals surface area contributed by atoms with Crippen LogP contribution in [0.1, 0.15) is 24.5 Å². The van der Waals surface area contributed by atoms with Gasteiger partial charge in [-0.1, -0.05) is 30.7 Å². The van der Waals surface area contributed by atoms with Crippen LogP contribution >= 0.6 is 11.6 Å². The van der Waals surface area contributed by atoms with Crippen molar-refractivity contribution in [3.63, 3.8) is 0 Å². The fourth-order valence-corrected chi connectivity index (χ4v) is 2.45. The normalized spacial score (nSPS) is 10.7. The Bertz CT molecular complexity index is 766. The molecular formula is C20H23ClN2O4. The Hall–Kier alpha value is -2.73. The van der Waals surface area contributed by atoms with Crippen LogP contribution in [-0.2, 0) is 11.2 Å². The number of hydrogen-bond donors (Lipinski definition) is 1. The number of carbonyl (C=O) groups is 1. The van der Waals surface area contributed by atoms with Crippen LogP contribution in [0, 0.1) is 0 Å². The summed E-state index contributed by atoms with van der Waals surface area (Å²) < 4.78 is 16.5. The summed E-state index contributed by atoms with van der Waals surface area (Å²) >= 11 is 5.83. The van der Waals surface area contributed by atoms with Gasteiger partial charge >= 0.3 is 0 Å². The quantitative estimate of drug-likeness (QED) is 0.521. The van der Waals surface area contributed by atoms with Crippen molar-refractivity contribution in [2.45, 2.75) is 19.8 Å². The molecule has 0 heterocycles. The van der Waals surface area contributed by atoms with E-state index in [1.165, 1.54) is 6.21 Å². The summed E-state index contributed by atoms with van der Waals surface area (Å²) in [4.78, 5) is 12.0. The highest BCUT2D eigenvalue weighted by Crippen LogP contribution is 2.38. The van der Waals surface area contributed by atoms with E-state index in [0.717, 1.165) is 12.0 Å². The van der Waals surface area contributed by atoms with Crippen LogP contribution in [0.2, 0.25) is 5.02 Å². The van der Waals surface area contributed by atoms with Crippen LogP contribution in [0.15, 0.2) is 41.5 Å². The van der Waals surface area contributed by atoms with Crippen molar-refractivity contribution < 1.29 is 19.0 Å². The minimum Gasteiger partial charge on any atom is -0.493 e. The first kappa shape index (κ1) is 20.6. The molecule has 7 heteroatoms. The number of hydrogen-bond acceptors (Lipinski definition) is 5. The van der Waals surface area contributed by atoms with Crippen molar-refractivity contribution in [1.82, 2.24) is 5.43 Å². The van der Waals surface area contributed by atoms with Crippen LogP contribution in [0.25, 0.3) is 0 Å². The van der Waals surface area contributed by atoms with Gasteiger partial charge < -0.3 is 14.2 Å². The molecule has 1 amide bonds. The van der Waals surface area contributed by atoms with Gasteiger partial charge in [-0.3, -0.25) is 4.79 Å². The zero-order chi connectivity index (χ0) is 19.6. The predicted molar refractivity (Wildman–Crippen MR) is 106 cm³/mol. The third kappa shape index (κ3) is 6.18. The Morgan fingerprint density at radius 1 is 1.15 bits per heavy atom. The lowest BCUT2D eigenvalue weighted by atomic mass is 10.1. The molecule has 6 nitrogen and oxygen atoms in total. The molecule has 0 unspecified atom stereocenters. The first-order valence-corrected chi connectivity index (χ1v) is 8.90. The standard InChI is InChI=1S/C20H23ClN2O4/c1-4-9-27-20-17(25-2)10-15(11-18(20)26-3)13-22-23-19(24)12-14-5-7-16(21)8-6-14/h5-8,10-11,13H,4,9,12H2,1-3H3,(H,23,24)/b22-13-. The summed E-state index contributed by atoms with van der Waals surface area (Å²) in [5.41, 5.74) is 4.06. The number of nitrogens with zero attached hydrogens (tertiary/aromatic N) is 1. The van der Waals surface area contributed by atoms with Gasteiger partial charge in [0.25, 0.3) is 0 Å². The molecule has 0 aliphatic heterocycles. The molecule has 0 fully saturated rings. The highest BCUT2D eigenvalue weighted by atomic mass is 35.5. The highest BCUT2D eigenvalue weighted by Gasteiger charge is 2.13. The Balaban J connectivity index is 2.04. The van der Waals surface area contributed by atoms with Crippen LogP contribution in [-0.4, -0.2) is 32.9 Å². The van der Waals surface area contributed by atoms with Crippen molar-refractivity contribution in [3.05, 3.63) is 52.5 Å². The largest absolute Gasteiger partial charge is 0.493 e. The first-order valence-electron chi connectivity index (χ1n) is 8.52. The molecule has 1 N–H and O–H groups in total. The first-order chi connectivity index (χ1) is 13.1. The van der Waals surface area contributed by atoms with Crippen molar-refractivity contribution >= 4 is 23.7 Å². The number of nitrogens with one attached hydrogen (secondary N) is 1. The van der Waals surface area contributed by atoms with E-state index in [0.29, 0.717) is 34.4 Å². The molecule has 0 radical (unpaired) electrons. The predicted octanol–water partition coefficient (Wildman–Crippen LogP) is 3.84. The SMILES string of the molecule is CCCOc1c(OC)cc(/C=N\NC(=O)Cc2ccc(Cl)cc2)cc1OC. The Morgan fingerprint density at radius 2 is 1.78 bits per heavy atom. The number of benzene rings is 2. The van der Waals surface area contributed by atoms with Crippen molar-refractivity contribution in [2.75, 3.05) is 20.8 Å². The van der Waals surface area contributed by atoms with Gasteiger partial charge in [0.15, 0.2) is 11.5 Å². The fourth-order valence-electron chi connectivity index (χ4n) is 2.33. The maximum absolute atomic E-state index is 12.0. The van der Waals surface area contributed by atoms with Gasteiger partial charge in [-0.25, -0.2) is 5.43 Å². The van der Waals surface area contributed by atoms with Crippen LogP contribution in [0.5, 0.6) is 17.2 Å². The summed E-state index contributed by atoms with van der Waals surface area (Å²) in [6, 6.07) is 10.6. The number of carbonyl (C=O) groups excluding carboxylic acids is 1. The summed E-state index contributed by atoms with van der Waals surface area (Å²) in [6.07, 6.45) is 2.61. The zero-order valence-electron chi connectivity index (χ0n) is 15.6. The second-order valence-electron chi connectivity index (χ2n) is 5.70. The molecule has 0 aliphatic carbocycles. The summed E-state index contributed by atoms with van der Waals surface area (Å²) in [5, 5.41) is 4.63. The lowest BCUT2D eigenvalue weighted by Gasteiger charge is -2.14. The lowest BCUT2D eigenvalue weighted by molar-refractivity contribution is -0.120. The highest BCUT2D eigenvalue weighted by molar-refractivity contribution is 6.30. The molecule has 0 spiro atoms. The molecule has 0 aromatic heterocycles. The van der Waals surface area contributed by atoms with Crippen molar-refractivity contribution in [1.29, 1.82) is 0 Å². The van der Waals surface area contributed by atoms with Gasteiger partial charge in [0, 0.05) is 10.6 Å². The molecule has 0 aliphatic rings. The van der Waals surface area contributed by atoms with E-state index < -0.39 is 0 Å². The average molecular weight is 391 g/mol. The number of halogens is 1. The van der Waals surface area contributed by atoms with E-state index >= 15 is 0 Å². The topological polar surface area (TPSA) is 69.2 Å². The second kappa shape index (κ2) is 10.4. The fraction of sp³-hybridized carbons (Fsp3) is 0.300. The Morgan fingerprint density at radius 3 is 2.33 bits per heavy atom. The van der Waals surface area contributed by atoms with Crippen LogP contribution in [0.3, 0.4) is 0 Å². The number of hydrazone groups is 1. The number of ether oxygens (including phenoxy) is 3. The minimum atomic E-state index is -0.226. The van der Waals surface area contributed by atoms with E-state index in [4.69, 9.17) is 25.8 Å². The van der Waals surface area contributed by atoms with Gasteiger partial charge in [0.05, 0.1) is 33.5 Å². The molecule has 144 valence electrons. The Labute approximate surface area is 164 Å². The van der Waals surface area contributed by atoms with E-state index in [1.54, 1.807) is 50.6 Å². The zero-order valence-corrected chi connectivity index (χ0v) is 16.4. The van der Waals surface area contributed by atoms with Crippen molar-refractivity contribution in [2.24, 2.45) is 5.10 Å². The van der Waals surface area contributed by atoms with Gasteiger partial charge in [0.2, 0.25) is 11.7 Å². The van der Waals surface area contributed by atoms with E-state index in [-0.39, 0.29) is 12.3 Å². The van der Waals surface area contributed by atoms with Crippen LogP contribution in [0.4, 0.5) is 0 Å². The van der Waals surface area contributed by atoms with Crippen molar-refractivity contribution in [3.8, 4) is 17.2 Å². The molecule has 2 aromatic carbocycles. The second-order valence-corrected chi connectivity index (χ2v) is 6.14. The summed E-state index contributed by atoms with van der Waals surface area (Å²) in [5.74, 6) is 1.40. The lowest BCUT2D eigenvalue weighted by Crippen LogP contribution is -2.19. The Kier molecular flexibility index (Phi) is 7.95. The number of methoxy groups -OCH3 is 2. The monoisotopic (exact) mass is 390 g/mol. The van der Waals surface area contributed by atoms with Gasteiger partial charge in [-0.2, -0.15) is 5.10 Å². The summed E-state index contributed by atoms with van der Waals surface area (Å²) in [6.45, 7) is 2.58. The molecule has 0 saturated carbocycles. The van der Waals surface area contributed by atoms with Gasteiger partial charge in [-0.15, -0.1) is 0 Å². The van der Waals surface area contributed by atoms with Crippen LogP contribution < -0.4 is 19.6 Å². The molecule has 0 atom stereocenters.